The highest BCUT2D eigenvalue weighted by molar-refractivity contribution is 5.93. The Morgan fingerprint density at radius 3 is 2.67 bits per heavy atom. The molecule has 1 aromatic heterocycles. The van der Waals surface area contributed by atoms with Crippen molar-refractivity contribution in [2.75, 3.05) is 19.6 Å². The SMILES string of the molecule is O=C(NCC1CC1)C1CCC2(CCN(C(=O)c3ccoc3)CC2)O1. The minimum atomic E-state index is -0.320. The highest BCUT2D eigenvalue weighted by Crippen LogP contribution is 2.39. The molecule has 24 heavy (non-hydrogen) atoms. The topological polar surface area (TPSA) is 71.8 Å². The van der Waals surface area contributed by atoms with Gasteiger partial charge in [0.2, 0.25) is 5.91 Å². The lowest BCUT2D eigenvalue weighted by molar-refractivity contribution is -0.140. The Bertz CT molecular complexity index is 601. The van der Waals surface area contributed by atoms with E-state index in [1.807, 2.05) is 4.90 Å². The summed E-state index contributed by atoms with van der Waals surface area (Å²) in [5, 5.41) is 3.02. The van der Waals surface area contributed by atoms with Crippen LogP contribution in [0.25, 0.3) is 0 Å². The molecule has 1 unspecified atom stereocenters. The molecule has 1 N–H and O–H groups in total. The molecular formula is C18H24N2O4. The molecule has 0 radical (unpaired) electrons. The molecule has 6 heteroatoms. The zero-order valence-electron chi connectivity index (χ0n) is 13.8. The molecule has 2 saturated heterocycles. The van der Waals surface area contributed by atoms with E-state index in [0.717, 1.165) is 32.2 Å². The van der Waals surface area contributed by atoms with E-state index in [-0.39, 0.29) is 23.5 Å². The molecule has 0 aromatic carbocycles. The fourth-order valence-electron chi connectivity index (χ4n) is 3.73. The monoisotopic (exact) mass is 332 g/mol. The Balaban J connectivity index is 1.29. The molecule has 2 aliphatic heterocycles. The lowest BCUT2D eigenvalue weighted by atomic mass is 9.88. The van der Waals surface area contributed by atoms with Crippen molar-refractivity contribution < 1.29 is 18.7 Å². The van der Waals surface area contributed by atoms with Crippen molar-refractivity contribution in [3.8, 4) is 0 Å². The third-order valence-corrected chi connectivity index (χ3v) is 5.54. The van der Waals surface area contributed by atoms with Crippen LogP contribution in [0.3, 0.4) is 0 Å². The van der Waals surface area contributed by atoms with Crippen LogP contribution in [0.15, 0.2) is 23.0 Å². The van der Waals surface area contributed by atoms with Crippen molar-refractivity contribution in [1.82, 2.24) is 10.2 Å². The number of nitrogens with zero attached hydrogens (tertiary/aromatic N) is 1. The Kier molecular flexibility index (Phi) is 4.08. The lowest BCUT2D eigenvalue weighted by Crippen LogP contribution is -2.47. The first-order chi connectivity index (χ1) is 11.7. The molecule has 2 amide bonds. The van der Waals surface area contributed by atoms with Gasteiger partial charge in [0.15, 0.2) is 0 Å². The third kappa shape index (κ3) is 3.20. The molecule has 3 fully saturated rings. The highest BCUT2D eigenvalue weighted by atomic mass is 16.5. The van der Waals surface area contributed by atoms with Gasteiger partial charge in [0.1, 0.15) is 12.4 Å². The second kappa shape index (κ2) is 6.24. The Morgan fingerprint density at radius 2 is 2.00 bits per heavy atom. The summed E-state index contributed by atoms with van der Waals surface area (Å²) in [6.07, 6.45) is 8.43. The smallest absolute Gasteiger partial charge is 0.257 e. The summed E-state index contributed by atoms with van der Waals surface area (Å²) in [4.78, 5) is 26.4. The van der Waals surface area contributed by atoms with Gasteiger partial charge in [-0.15, -0.1) is 0 Å². The van der Waals surface area contributed by atoms with Gasteiger partial charge in [-0.25, -0.2) is 0 Å². The maximum Gasteiger partial charge on any atom is 0.257 e. The number of carbonyl (C=O) groups is 2. The molecule has 1 atom stereocenters. The van der Waals surface area contributed by atoms with E-state index < -0.39 is 0 Å². The van der Waals surface area contributed by atoms with E-state index in [0.29, 0.717) is 24.6 Å². The molecular weight excluding hydrogens is 308 g/mol. The van der Waals surface area contributed by atoms with Gasteiger partial charge >= 0.3 is 0 Å². The Morgan fingerprint density at radius 1 is 1.21 bits per heavy atom. The largest absolute Gasteiger partial charge is 0.472 e. The molecule has 1 aromatic rings. The van der Waals surface area contributed by atoms with Crippen molar-refractivity contribution in [2.45, 2.75) is 50.2 Å². The van der Waals surface area contributed by atoms with Gasteiger partial charge in [-0.3, -0.25) is 9.59 Å². The van der Waals surface area contributed by atoms with Gasteiger partial charge in [0.25, 0.3) is 5.91 Å². The average Bonchev–Trinajstić information content (AvgIpc) is 3.09. The van der Waals surface area contributed by atoms with Crippen molar-refractivity contribution in [1.29, 1.82) is 0 Å². The van der Waals surface area contributed by atoms with Crippen LogP contribution in [0.1, 0.15) is 48.9 Å². The number of hydrogen-bond donors (Lipinski definition) is 1. The van der Waals surface area contributed by atoms with E-state index in [1.54, 1.807) is 6.07 Å². The number of rotatable bonds is 4. The van der Waals surface area contributed by atoms with Crippen molar-refractivity contribution in [3.63, 3.8) is 0 Å². The number of ether oxygens (including phenoxy) is 1. The third-order valence-electron chi connectivity index (χ3n) is 5.54. The minimum Gasteiger partial charge on any atom is -0.472 e. The molecule has 1 spiro atoms. The Labute approximate surface area is 141 Å². The summed E-state index contributed by atoms with van der Waals surface area (Å²) in [5.74, 6) is 0.729. The lowest BCUT2D eigenvalue weighted by Gasteiger charge is -2.38. The number of hydrogen-bond acceptors (Lipinski definition) is 4. The predicted octanol–water partition coefficient (Wildman–Crippen LogP) is 1.96. The molecule has 0 bridgehead atoms. The van der Waals surface area contributed by atoms with E-state index >= 15 is 0 Å². The van der Waals surface area contributed by atoms with Gasteiger partial charge in [-0.1, -0.05) is 0 Å². The van der Waals surface area contributed by atoms with E-state index in [9.17, 15) is 9.59 Å². The molecule has 4 rings (SSSR count). The first-order valence-corrected chi connectivity index (χ1v) is 8.92. The maximum absolute atomic E-state index is 12.4. The minimum absolute atomic E-state index is 0.00956. The van der Waals surface area contributed by atoms with Gasteiger partial charge in [0, 0.05) is 19.6 Å². The van der Waals surface area contributed by atoms with Gasteiger partial charge in [0.05, 0.1) is 17.4 Å². The molecule has 6 nitrogen and oxygen atoms in total. The summed E-state index contributed by atoms with van der Waals surface area (Å²) in [5.41, 5.74) is 0.366. The van der Waals surface area contributed by atoms with Crippen LogP contribution in [0.2, 0.25) is 0 Å². The second-order valence-corrected chi connectivity index (χ2v) is 7.32. The standard InChI is InChI=1S/C18H24N2O4/c21-16(19-11-13-1-2-13)15-3-5-18(24-15)6-8-20(9-7-18)17(22)14-4-10-23-12-14/h4,10,12-13,15H,1-3,5-9,11H2,(H,19,21). The predicted molar refractivity (Wildman–Crippen MR) is 86.4 cm³/mol. The highest BCUT2D eigenvalue weighted by Gasteiger charge is 2.45. The number of carbonyl (C=O) groups excluding carboxylic acids is 2. The summed E-state index contributed by atoms with van der Waals surface area (Å²) >= 11 is 0. The zero-order chi connectivity index (χ0) is 16.6. The Hall–Kier alpha value is -1.82. The number of piperidine rings is 1. The molecule has 130 valence electrons. The first kappa shape index (κ1) is 15.7. The normalized spacial score (nSPS) is 25.8. The number of furan rings is 1. The molecule has 1 saturated carbocycles. The molecule has 3 heterocycles. The van der Waals surface area contributed by atoms with Gasteiger partial charge < -0.3 is 19.4 Å². The first-order valence-electron chi connectivity index (χ1n) is 8.92. The van der Waals surface area contributed by atoms with Gasteiger partial charge in [-0.05, 0) is 50.5 Å². The van der Waals surface area contributed by atoms with E-state index in [4.69, 9.17) is 9.15 Å². The maximum atomic E-state index is 12.4. The number of likely N-dealkylation sites (tertiary alicyclic amines) is 1. The van der Waals surface area contributed by atoms with Gasteiger partial charge in [-0.2, -0.15) is 0 Å². The van der Waals surface area contributed by atoms with E-state index in [1.165, 1.54) is 25.4 Å². The van der Waals surface area contributed by atoms with Crippen LogP contribution in [0, 0.1) is 5.92 Å². The van der Waals surface area contributed by atoms with Crippen LogP contribution in [0.5, 0.6) is 0 Å². The van der Waals surface area contributed by atoms with Crippen LogP contribution < -0.4 is 5.32 Å². The summed E-state index contributed by atoms with van der Waals surface area (Å²) in [7, 11) is 0. The summed E-state index contributed by atoms with van der Waals surface area (Å²) < 4.78 is 11.1. The summed E-state index contributed by atoms with van der Waals surface area (Å²) in [6.45, 7) is 2.12. The average molecular weight is 332 g/mol. The molecule has 1 aliphatic carbocycles. The van der Waals surface area contributed by atoms with Crippen LogP contribution in [0.4, 0.5) is 0 Å². The number of nitrogens with one attached hydrogen (secondary N) is 1. The van der Waals surface area contributed by atoms with Crippen molar-refractivity contribution >= 4 is 11.8 Å². The number of amides is 2. The zero-order valence-corrected chi connectivity index (χ0v) is 13.8. The van der Waals surface area contributed by atoms with Crippen LogP contribution in [-0.4, -0.2) is 48.1 Å². The fourth-order valence-corrected chi connectivity index (χ4v) is 3.73. The fraction of sp³-hybridized carbons (Fsp3) is 0.667. The summed E-state index contributed by atoms with van der Waals surface area (Å²) in [6, 6.07) is 1.69. The molecule has 3 aliphatic rings. The quantitative estimate of drug-likeness (QED) is 0.915. The van der Waals surface area contributed by atoms with Crippen molar-refractivity contribution in [2.24, 2.45) is 5.92 Å². The van der Waals surface area contributed by atoms with Crippen molar-refractivity contribution in [3.05, 3.63) is 24.2 Å². The van der Waals surface area contributed by atoms with Crippen LogP contribution >= 0.6 is 0 Å². The van der Waals surface area contributed by atoms with Crippen LogP contribution in [-0.2, 0) is 9.53 Å². The second-order valence-electron chi connectivity index (χ2n) is 7.32. The van der Waals surface area contributed by atoms with E-state index in [2.05, 4.69) is 5.32 Å².